The largest absolute Gasteiger partial charge is 0.418 e. The van der Waals surface area contributed by atoms with Gasteiger partial charge in [0.2, 0.25) is 0 Å². The van der Waals surface area contributed by atoms with E-state index >= 15 is 0 Å². The summed E-state index contributed by atoms with van der Waals surface area (Å²) in [7, 11) is -3.03. The van der Waals surface area contributed by atoms with Crippen molar-refractivity contribution in [3.63, 3.8) is 0 Å². The van der Waals surface area contributed by atoms with E-state index in [1.165, 1.54) is 18.5 Å². The predicted octanol–water partition coefficient (Wildman–Crippen LogP) is 4.18. The van der Waals surface area contributed by atoms with E-state index in [0.717, 1.165) is 6.61 Å². The lowest BCUT2D eigenvalue weighted by Gasteiger charge is -2.33. The van der Waals surface area contributed by atoms with Crippen LogP contribution in [0.25, 0.3) is 0 Å². The summed E-state index contributed by atoms with van der Waals surface area (Å²) in [6.07, 6.45) is 2.75. The van der Waals surface area contributed by atoms with Crippen LogP contribution >= 0.6 is 0 Å². The first-order valence-corrected chi connectivity index (χ1v) is 12.7. The van der Waals surface area contributed by atoms with Crippen LogP contribution < -0.4 is 0 Å². The van der Waals surface area contributed by atoms with Gasteiger partial charge >= 0.3 is 0 Å². The molecule has 0 aliphatic carbocycles. The molecule has 0 radical (unpaired) electrons. The molecule has 0 fully saturated rings. The van der Waals surface area contributed by atoms with Crippen molar-refractivity contribution in [1.82, 2.24) is 0 Å². The van der Waals surface area contributed by atoms with E-state index in [-0.39, 0.29) is 0 Å². The average molecular weight is 263 g/mol. The van der Waals surface area contributed by atoms with Crippen molar-refractivity contribution in [2.45, 2.75) is 71.6 Å². The summed E-state index contributed by atoms with van der Waals surface area (Å²) in [4.78, 5) is 0. The molecule has 0 heterocycles. The molecule has 0 saturated carbocycles. The van der Waals surface area contributed by atoms with E-state index < -0.39 is 16.6 Å². The van der Waals surface area contributed by atoms with Crippen LogP contribution in [0, 0.1) is 0 Å². The van der Waals surface area contributed by atoms with Crippen molar-refractivity contribution in [1.29, 1.82) is 0 Å². The van der Waals surface area contributed by atoms with Gasteiger partial charge in [0.1, 0.15) is 0 Å². The second kappa shape index (κ2) is 6.94. The third kappa shape index (κ3) is 8.50. The monoisotopic (exact) mass is 262 g/mol. The fraction of sp³-hybridized carbons (Fsp3) is 1.00. The van der Waals surface area contributed by atoms with E-state index in [1.54, 1.807) is 0 Å². The highest BCUT2D eigenvalue weighted by atomic mass is 28.4. The fourth-order valence-electron chi connectivity index (χ4n) is 2.25. The first-order chi connectivity index (χ1) is 7.18. The highest BCUT2D eigenvalue weighted by Crippen LogP contribution is 2.23. The minimum Gasteiger partial charge on any atom is -0.418 e. The van der Waals surface area contributed by atoms with E-state index in [9.17, 15) is 0 Å². The first kappa shape index (κ1) is 16.4. The Balaban J connectivity index is 4.11. The zero-order valence-electron chi connectivity index (χ0n) is 12.2. The highest BCUT2D eigenvalue weighted by molar-refractivity contribution is 6.89. The first-order valence-electron chi connectivity index (χ1n) is 6.50. The van der Waals surface area contributed by atoms with Gasteiger partial charge in [0.05, 0.1) is 0 Å². The molecule has 16 heavy (non-hydrogen) atoms. The van der Waals surface area contributed by atoms with Crippen LogP contribution in [0.5, 0.6) is 0 Å². The van der Waals surface area contributed by atoms with Crippen LogP contribution in [0.4, 0.5) is 0 Å². The maximum atomic E-state index is 6.08. The lowest BCUT2D eigenvalue weighted by molar-refractivity contribution is 0.231. The Hall–Kier alpha value is 0.354. The summed E-state index contributed by atoms with van der Waals surface area (Å²) in [6, 6.07) is 0. The minimum absolute atomic E-state index is 0.349. The Morgan fingerprint density at radius 3 is 2.00 bits per heavy atom. The summed E-state index contributed by atoms with van der Waals surface area (Å²) in [5.74, 6) is 0. The van der Waals surface area contributed by atoms with E-state index in [0.29, 0.717) is 6.10 Å². The third-order valence-corrected chi connectivity index (χ3v) is 11.3. The van der Waals surface area contributed by atoms with Crippen molar-refractivity contribution in [3.05, 3.63) is 0 Å². The molecule has 0 unspecified atom stereocenters. The van der Waals surface area contributed by atoms with Gasteiger partial charge in [-0.05, 0) is 52.1 Å². The third-order valence-electron chi connectivity index (χ3n) is 2.40. The summed E-state index contributed by atoms with van der Waals surface area (Å²) in [5.41, 5.74) is 1.20. The summed E-state index contributed by atoms with van der Waals surface area (Å²) in [6.45, 7) is 16.7. The number of hydrogen-bond donors (Lipinski definition) is 0. The van der Waals surface area contributed by atoms with Crippen molar-refractivity contribution >= 4 is 16.6 Å². The number of hydrogen-bond acceptors (Lipinski definition) is 2. The zero-order valence-corrected chi connectivity index (χ0v) is 14.2. The van der Waals surface area contributed by atoms with Gasteiger partial charge in [-0.25, -0.2) is 0 Å². The van der Waals surface area contributed by atoms with Crippen LogP contribution in [0.3, 0.4) is 0 Å². The van der Waals surface area contributed by atoms with Gasteiger partial charge in [-0.2, -0.15) is 0 Å². The van der Waals surface area contributed by atoms with Gasteiger partial charge in [0.25, 0.3) is 0 Å². The molecule has 0 bridgehead atoms. The van der Waals surface area contributed by atoms with Crippen LogP contribution in [-0.4, -0.2) is 29.3 Å². The number of rotatable bonds is 8. The smallest absolute Gasteiger partial charge is 0.186 e. The van der Waals surface area contributed by atoms with Gasteiger partial charge in [-0.3, -0.25) is 0 Å². The Kier molecular flexibility index (Phi) is 7.09. The van der Waals surface area contributed by atoms with Crippen LogP contribution in [0.2, 0.25) is 31.9 Å². The molecule has 0 rings (SSSR count). The normalized spacial score (nSPS) is 13.5. The molecular formula is C12H30O2Si2. The van der Waals surface area contributed by atoms with Gasteiger partial charge in [-0.1, -0.05) is 13.3 Å². The Morgan fingerprint density at radius 2 is 1.56 bits per heavy atom. The van der Waals surface area contributed by atoms with E-state index in [4.69, 9.17) is 8.85 Å². The lowest BCUT2D eigenvalue weighted by Crippen LogP contribution is -2.45. The zero-order chi connectivity index (χ0) is 12.8. The van der Waals surface area contributed by atoms with Crippen molar-refractivity contribution in [2.24, 2.45) is 0 Å². The molecule has 0 aliphatic heterocycles. The average Bonchev–Trinajstić information content (AvgIpc) is 1.98. The Labute approximate surface area is 104 Å². The van der Waals surface area contributed by atoms with Gasteiger partial charge in [0, 0.05) is 12.7 Å². The molecule has 0 amide bonds. The van der Waals surface area contributed by atoms with Gasteiger partial charge in [-0.15, -0.1) is 0 Å². The molecule has 98 valence electrons. The lowest BCUT2D eigenvalue weighted by atomic mass is 10.4. The highest BCUT2D eigenvalue weighted by Gasteiger charge is 2.35. The van der Waals surface area contributed by atoms with Crippen molar-refractivity contribution < 1.29 is 8.85 Å². The standard InChI is InChI=1S/C12H30O2Si2/c1-8-9-10-13-15(4,5)11-16(6,7)14-12(2)3/h12H,8-11H2,1-7H3. The predicted molar refractivity (Wildman–Crippen MR) is 76.9 cm³/mol. The molecule has 0 aromatic rings. The summed E-state index contributed by atoms with van der Waals surface area (Å²) in [5, 5.41) is 0. The fourth-order valence-corrected chi connectivity index (χ4v) is 13.2. The van der Waals surface area contributed by atoms with Gasteiger partial charge in [0.15, 0.2) is 16.6 Å². The molecule has 0 aliphatic rings. The van der Waals surface area contributed by atoms with Crippen LogP contribution in [-0.2, 0) is 8.85 Å². The van der Waals surface area contributed by atoms with E-state index in [1.807, 2.05) is 0 Å². The molecule has 2 nitrogen and oxygen atoms in total. The Bertz CT molecular complexity index is 191. The topological polar surface area (TPSA) is 18.5 Å². The molecule has 0 atom stereocenters. The summed E-state index contributed by atoms with van der Waals surface area (Å²) < 4.78 is 12.2. The number of unbranched alkanes of at least 4 members (excludes halogenated alkanes) is 1. The van der Waals surface area contributed by atoms with Crippen molar-refractivity contribution in [2.75, 3.05) is 6.61 Å². The second-order valence-electron chi connectivity index (χ2n) is 6.06. The molecule has 0 saturated heterocycles. The molecule has 0 N–H and O–H groups in total. The molecule has 4 heteroatoms. The SMILES string of the molecule is CCCCO[Si](C)(C)C[Si](C)(C)OC(C)C. The second-order valence-corrected chi connectivity index (χ2v) is 15.0. The van der Waals surface area contributed by atoms with Crippen LogP contribution in [0.1, 0.15) is 33.6 Å². The molecule has 0 spiro atoms. The summed E-state index contributed by atoms with van der Waals surface area (Å²) >= 11 is 0. The Morgan fingerprint density at radius 1 is 1.00 bits per heavy atom. The maximum absolute atomic E-state index is 6.08. The van der Waals surface area contributed by atoms with Crippen molar-refractivity contribution in [3.8, 4) is 0 Å². The maximum Gasteiger partial charge on any atom is 0.186 e. The van der Waals surface area contributed by atoms with Gasteiger partial charge < -0.3 is 8.85 Å². The minimum atomic E-state index is -1.53. The quantitative estimate of drug-likeness (QED) is 0.483. The van der Waals surface area contributed by atoms with E-state index in [2.05, 4.69) is 47.0 Å². The molecular weight excluding hydrogens is 232 g/mol. The molecule has 0 aromatic heterocycles. The van der Waals surface area contributed by atoms with Crippen LogP contribution in [0.15, 0.2) is 0 Å². The molecule has 0 aromatic carbocycles.